The molecule has 0 bridgehead atoms. The molecule has 1 aliphatic rings. The van der Waals surface area contributed by atoms with Gasteiger partial charge in [0.1, 0.15) is 15.7 Å². The van der Waals surface area contributed by atoms with Crippen molar-refractivity contribution in [2.45, 2.75) is 19.9 Å². The molecular formula is C24H23N5O5S2. The Kier molecular flexibility index (Phi) is 6.70. The molecule has 1 aliphatic heterocycles. The first-order valence-corrected chi connectivity index (χ1v) is 12.8. The van der Waals surface area contributed by atoms with Crippen LogP contribution in [0.3, 0.4) is 0 Å². The van der Waals surface area contributed by atoms with E-state index in [9.17, 15) is 9.59 Å². The Morgan fingerprint density at radius 1 is 1.11 bits per heavy atom. The van der Waals surface area contributed by atoms with Gasteiger partial charge in [-0.15, -0.1) is 22.7 Å². The van der Waals surface area contributed by atoms with Crippen LogP contribution < -0.4 is 14.8 Å². The number of carbonyl (C=O) groups is 2. The molecular weight excluding hydrogens is 502 g/mol. The SMILES string of the molecule is CCOC(=O)N1CCc2c(sc(NC(=O)c3cc(OC)nc(OC)n3)c2-c2nc3ccccc3s2)C1. The van der Waals surface area contributed by atoms with Gasteiger partial charge in [0.05, 0.1) is 37.6 Å². The van der Waals surface area contributed by atoms with Gasteiger partial charge in [-0.25, -0.2) is 9.78 Å². The number of thiazole rings is 1. The maximum absolute atomic E-state index is 13.3. The van der Waals surface area contributed by atoms with Gasteiger partial charge in [0, 0.05) is 23.1 Å². The number of methoxy groups -OCH3 is 2. The molecule has 0 atom stereocenters. The van der Waals surface area contributed by atoms with Gasteiger partial charge >= 0.3 is 12.1 Å². The van der Waals surface area contributed by atoms with Gasteiger partial charge in [-0.3, -0.25) is 4.79 Å². The second-order valence-corrected chi connectivity index (χ2v) is 9.94. The lowest BCUT2D eigenvalue weighted by molar-refractivity contribution is 0.101. The molecule has 12 heteroatoms. The van der Waals surface area contributed by atoms with Crippen molar-refractivity contribution in [2.24, 2.45) is 0 Å². The fourth-order valence-corrected chi connectivity index (χ4v) is 6.32. The maximum Gasteiger partial charge on any atom is 0.410 e. The fourth-order valence-electron chi connectivity index (χ4n) is 3.95. The molecule has 0 saturated carbocycles. The fraction of sp³-hybridized carbons (Fsp3) is 0.292. The highest BCUT2D eigenvalue weighted by atomic mass is 32.1. The molecule has 3 aromatic heterocycles. The largest absolute Gasteiger partial charge is 0.481 e. The van der Waals surface area contributed by atoms with Crippen molar-refractivity contribution in [3.63, 3.8) is 0 Å². The molecule has 0 radical (unpaired) electrons. The van der Waals surface area contributed by atoms with E-state index in [-0.39, 0.29) is 23.7 Å². The molecule has 4 aromatic rings. The summed E-state index contributed by atoms with van der Waals surface area (Å²) in [4.78, 5) is 41.4. The maximum atomic E-state index is 13.3. The first-order valence-electron chi connectivity index (χ1n) is 11.2. The number of hydrogen-bond donors (Lipinski definition) is 1. The van der Waals surface area contributed by atoms with Gasteiger partial charge in [-0.1, -0.05) is 12.1 Å². The molecule has 0 spiro atoms. The lowest BCUT2D eigenvalue weighted by Crippen LogP contribution is -2.35. The minimum Gasteiger partial charge on any atom is -0.481 e. The predicted molar refractivity (Wildman–Crippen MR) is 137 cm³/mol. The number of para-hydroxylation sites is 1. The van der Waals surface area contributed by atoms with Crippen LogP contribution in [0.2, 0.25) is 0 Å². The van der Waals surface area contributed by atoms with Gasteiger partial charge in [-0.2, -0.15) is 9.97 Å². The highest BCUT2D eigenvalue weighted by molar-refractivity contribution is 7.23. The number of ether oxygens (including phenoxy) is 3. The third-order valence-electron chi connectivity index (χ3n) is 5.62. The minimum atomic E-state index is -0.433. The van der Waals surface area contributed by atoms with Crippen LogP contribution >= 0.6 is 22.7 Å². The zero-order valence-corrected chi connectivity index (χ0v) is 21.5. The molecule has 1 aromatic carbocycles. The zero-order valence-electron chi connectivity index (χ0n) is 19.9. The van der Waals surface area contributed by atoms with Crippen molar-refractivity contribution < 1.29 is 23.8 Å². The van der Waals surface area contributed by atoms with E-state index in [1.165, 1.54) is 31.6 Å². The summed E-state index contributed by atoms with van der Waals surface area (Å²) in [6.07, 6.45) is 0.282. The van der Waals surface area contributed by atoms with Crippen molar-refractivity contribution in [3.05, 3.63) is 46.5 Å². The number of nitrogens with one attached hydrogen (secondary N) is 1. The van der Waals surface area contributed by atoms with Gasteiger partial charge in [0.25, 0.3) is 5.91 Å². The molecule has 4 heterocycles. The number of carbonyl (C=O) groups excluding carboxylic acids is 2. The standard InChI is InChI=1S/C24H23N5O5S2/c1-4-34-24(31)29-10-9-13-17(12-29)36-22(19(13)21-25-14-7-5-6-8-16(14)35-21)28-20(30)15-11-18(32-2)27-23(26-15)33-3/h5-8,11H,4,9-10,12H2,1-3H3,(H,28,30). The van der Waals surface area contributed by atoms with Crippen LogP contribution in [-0.4, -0.2) is 59.2 Å². The number of rotatable bonds is 6. The van der Waals surface area contributed by atoms with Gasteiger partial charge in [0.2, 0.25) is 5.88 Å². The number of hydrogen-bond acceptors (Lipinski definition) is 10. The van der Waals surface area contributed by atoms with Crippen LogP contribution in [0, 0.1) is 0 Å². The summed E-state index contributed by atoms with van der Waals surface area (Å²) >= 11 is 2.99. The average Bonchev–Trinajstić information content (AvgIpc) is 3.48. The average molecular weight is 526 g/mol. The minimum absolute atomic E-state index is 0.0291. The Morgan fingerprint density at radius 3 is 2.69 bits per heavy atom. The monoisotopic (exact) mass is 525 g/mol. The first kappa shape index (κ1) is 23.9. The van der Waals surface area contributed by atoms with Crippen LogP contribution in [0.4, 0.5) is 9.80 Å². The summed E-state index contributed by atoms with van der Waals surface area (Å²) < 4.78 is 16.5. The van der Waals surface area contributed by atoms with Crippen molar-refractivity contribution >= 4 is 49.9 Å². The molecule has 0 aliphatic carbocycles. The highest BCUT2D eigenvalue weighted by Crippen LogP contribution is 2.46. The molecule has 0 unspecified atom stereocenters. The van der Waals surface area contributed by atoms with E-state index < -0.39 is 5.91 Å². The first-order chi connectivity index (χ1) is 17.5. The van der Waals surface area contributed by atoms with Crippen LogP contribution in [0.1, 0.15) is 27.9 Å². The molecule has 5 rings (SSSR count). The highest BCUT2D eigenvalue weighted by Gasteiger charge is 2.30. The number of nitrogens with zero attached hydrogens (tertiary/aromatic N) is 4. The van der Waals surface area contributed by atoms with Crippen LogP contribution in [0.15, 0.2) is 30.3 Å². The van der Waals surface area contributed by atoms with E-state index >= 15 is 0 Å². The van der Waals surface area contributed by atoms with Crippen molar-refractivity contribution in [2.75, 3.05) is 32.7 Å². The number of aromatic nitrogens is 3. The predicted octanol–water partition coefficient (Wildman–Crippen LogP) is 4.60. The second-order valence-electron chi connectivity index (χ2n) is 7.80. The summed E-state index contributed by atoms with van der Waals surface area (Å²) in [7, 11) is 2.88. The van der Waals surface area contributed by atoms with Crippen molar-refractivity contribution in [3.8, 4) is 22.5 Å². The number of thiophene rings is 1. The number of anilines is 1. The summed E-state index contributed by atoms with van der Waals surface area (Å²) in [5.41, 5.74) is 2.95. The van der Waals surface area contributed by atoms with Gasteiger partial charge in [0.15, 0.2) is 0 Å². The summed E-state index contributed by atoms with van der Waals surface area (Å²) in [5, 5.41) is 4.47. The number of benzene rings is 1. The summed E-state index contributed by atoms with van der Waals surface area (Å²) in [5.74, 6) is -0.217. The molecule has 2 amide bonds. The Morgan fingerprint density at radius 2 is 1.94 bits per heavy atom. The van der Waals surface area contributed by atoms with E-state index in [1.807, 2.05) is 24.3 Å². The van der Waals surface area contributed by atoms with Crippen molar-refractivity contribution in [1.82, 2.24) is 19.9 Å². The number of fused-ring (bicyclic) bond motifs is 2. The van der Waals surface area contributed by atoms with E-state index in [0.29, 0.717) is 31.1 Å². The third-order valence-corrected chi connectivity index (χ3v) is 7.81. The lowest BCUT2D eigenvalue weighted by Gasteiger charge is -2.26. The van der Waals surface area contributed by atoms with Gasteiger partial charge in [-0.05, 0) is 31.0 Å². The van der Waals surface area contributed by atoms with Crippen LogP contribution in [-0.2, 0) is 17.7 Å². The smallest absolute Gasteiger partial charge is 0.410 e. The summed E-state index contributed by atoms with van der Waals surface area (Å²) in [6, 6.07) is 9.39. The molecule has 0 fully saturated rings. The molecule has 10 nitrogen and oxygen atoms in total. The Balaban J connectivity index is 1.55. The number of amides is 2. The lowest BCUT2D eigenvalue weighted by atomic mass is 10.0. The normalized spacial score (nSPS) is 12.8. The second kappa shape index (κ2) is 10.1. The zero-order chi connectivity index (χ0) is 25.2. The topological polar surface area (TPSA) is 116 Å². The Labute approximate surface area is 214 Å². The molecule has 0 saturated heterocycles. The van der Waals surface area contributed by atoms with E-state index in [1.54, 1.807) is 23.2 Å². The Hall–Kier alpha value is -3.77. The van der Waals surface area contributed by atoms with E-state index in [0.717, 1.165) is 31.2 Å². The third kappa shape index (κ3) is 4.56. The quantitative estimate of drug-likeness (QED) is 0.388. The van der Waals surface area contributed by atoms with Crippen molar-refractivity contribution in [1.29, 1.82) is 0 Å². The summed E-state index contributed by atoms with van der Waals surface area (Å²) in [6.45, 7) is 3.03. The van der Waals surface area contributed by atoms with Crippen LogP contribution in [0.25, 0.3) is 20.8 Å². The molecule has 1 N–H and O–H groups in total. The van der Waals surface area contributed by atoms with Gasteiger partial charge < -0.3 is 24.4 Å². The van der Waals surface area contributed by atoms with Crippen LogP contribution in [0.5, 0.6) is 11.9 Å². The van der Waals surface area contributed by atoms with E-state index in [2.05, 4.69) is 15.3 Å². The Bertz CT molecular complexity index is 1390. The van der Waals surface area contributed by atoms with E-state index in [4.69, 9.17) is 19.2 Å². The molecule has 36 heavy (non-hydrogen) atoms. The molecule has 186 valence electrons.